The highest BCUT2D eigenvalue weighted by molar-refractivity contribution is 6.04. The third-order valence-electron chi connectivity index (χ3n) is 2.89. The Kier molecular flexibility index (Phi) is 3.04. The van der Waals surface area contributed by atoms with E-state index in [1.54, 1.807) is 18.3 Å². The molecule has 0 aliphatic carbocycles. The lowest BCUT2D eigenvalue weighted by Gasteiger charge is -2.04. The Morgan fingerprint density at radius 2 is 2.24 bits per heavy atom. The number of carboxylic acid groups (broad SMARTS) is 1. The normalized spacial score (nSPS) is 10.9. The fraction of sp³-hybridized carbons (Fsp3) is 0.308. The van der Waals surface area contributed by atoms with Gasteiger partial charge < -0.3 is 15.4 Å². The Morgan fingerprint density at radius 1 is 1.47 bits per heavy atom. The molecule has 0 aliphatic rings. The number of benzene rings is 1. The van der Waals surface area contributed by atoms with Gasteiger partial charge in [-0.15, -0.1) is 0 Å². The van der Waals surface area contributed by atoms with Crippen LogP contribution in [-0.4, -0.2) is 15.6 Å². The van der Waals surface area contributed by atoms with Gasteiger partial charge in [0.25, 0.3) is 0 Å². The van der Waals surface area contributed by atoms with Crippen molar-refractivity contribution in [3.8, 4) is 0 Å². The molecule has 1 aromatic carbocycles. The van der Waals surface area contributed by atoms with E-state index in [2.05, 4.69) is 6.92 Å². The van der Waals surface area contributed by atoms with Gasteiger partial charge >= 0.3 is 5.97 Å². The Balaban J connectivity index is 2.58. The molecular weight excluding hydrogens is 216 g/mol. The van der Waals surface area contributed by atoms with E-state index in [4.69, 9.17) is 10.8 Å². The number of fused-ring (bicyclic) bond motifs is 1. The molecule has 3 N–H and O–H groups in total. The van der Waals surface area contributed by atoms with E-state index in [0.717, 1.165) is 30.3 Å². The van der Waals surface area contributed by atoms with E-state index < -0.39 is 5.97 Å². The number of aromatic nitrogens is 1. The van der Waals surface area contributed by atoms with Crippen molar-refractivity contribution in [1.29, 1.82) is 0 Å². The first kappa shape index (κ1) is 11.5. The summed E-state index contributed by atoms with van der Waals surface area (Å²) in [6.07, 6.45) is 3.80. The van der Waals surface area contributed by atoms with E-state index in [1.165, 1.54) is 0 Å². The molecule has 0 unspecified atom stereocenters. The number of nitrogens with two attached hydrogens (primary N) is 1. The van der Waals surface area contributed by atoms with Crippen molar-refractivity contribution in [2.45, 2.75) is 26.3 Å². The Hall–Kier alpha value is -1.97. The van der Waals surface area contributed by atoms with Crippen molar-refractivity contribution in [3.63, 3.8) is 0 Å². The van der Waals surface area contributed by atoms with Crippen molar-refractivity contribution in [2.24, 2.45) is 0 Å². The van der Waals surface area contributed by atoms with Crippen molar-refractivity contribution in [2.75, 3.05) is 5.73 Å². The van der Waals surface area contributed by atoms with Gasteiger partial charge in [0.2, 0.25) is 0 Å². The molecule has 0 radical (unpaired) electrons. The number of rotatable bonds is 4. The molecule has 0 spiro atoms. The molecule has 4 heteroatoms. The van der Waals surface area contributed by atoms with Crippen LogP contribution in [0.2, 0.25) is 0 Å². The maximum absolute atomic E-state index is 11.1. The van der Waals surface area contributed by atoms with Crippen LogP contribution in [0.15, 0.2) is 24.4 Å². The third kappa shape index (κ3) is 2.11. The van der Waals surface area contributed by atoms with Gasteiger partial charge in [-0.25, -0.2) is 4.79 Å². The fourth-order valence-electron chi connectivity index (χ4n) is 1.99. The van der Waals surface area contributed by atoms with E-state index in [-0.39, 0.29) is 0 Å². The first-order valence-electron chi connectivity index (χ1n) is 5.75. The summed E-state index contributed by atoms with van der Waals surface area (Å²) in [5.74, 6) is -0.894. The number of carbonyl (C=O) groups is 1. The largest absolute Gasteiger partial charge is 0.478 e. The standard InChI is InChI=1S/C13H16N2O2/c1-2-3-6-15-8-11(13(16)17)10-5-4-9(14)7-12(10)15/h4-5,7-8H,2-3,6,14H2,1H3,(H,16,17). The number of unbranched alkanes of at least 4 members (excludes halogenated alkanes) is 1. The zero-order valence-electron chi connectivity index (χ0n) is 9.81. The number of nitrogens with zero attached hydrogens (tertiary/aromatic N) is 1. The van der Waals surface area contributed by atoms with Crippen LogP contribution in [0, 0.1) is 0 Å². The molecule has 0 amide bonds. The Labute approximate surface area is 99.7 Å². The SMILES string of the molecule is CCCCn1cc(C(=O)O)c2ccc(N)cc21. The fourth-order valence-corrected chi connectivity index (χ4v) is 1.99. The molecular formula is C13H16N2O2. The maximum atomic E-state index is 11.1. The highest BCUT2D eigenvalue weighted by Crippen LogP contribution is 2.24. The van der Waals surface area contributed by atoms with Crippen LogP contribution in [0.4, 0.5) is 5.69 Å². The van der Waals surface area contributed by atoms with Gasteiger partial charge in [0.15, 0.2) is 0 Å². The Bertz CT molecular complexity index is 558. The van der Waals surface area contributed by atoms with Gasteiger partial charge in [-0.1, -0.05) is 13.3 Å². The maximum Gasteiger partial charge on any atom is 0.337 e. The van der Waals surface area contributed by atoms with Crippen molar-refractivity contribution in [3.05, 3.63) is 30.0 Å². The number of anilines is 1. The van der Waals surface area contributed by atoms with Crippen LogP contribution in [0.3, 0.4) is 0 Å². The van der Waals surface area contributed by atoms with Crippen LogP contribution in [0.25, 0.3) is 10.9 Å². The van der Waals surface area contributed by atoms with Crippen LogP contribution < -0.4 is 5.73 Å². The van der Waals surface area contributed by atoms with Gasteiger partial charge in [-0.2, -0.15) is 0 Å². The molecule has 1 heterocycles. The number of hydrogen-bond acceptors (Lipinski definition) is 2. The third-order valence-corrected chi connectivity index (χ3v) is 2.89. The Morgan fingerprint density at radius 3 is 2.88 bits per heavy atom. The van der Waals surface area contributed by atoms with Crippen molar-refractivity contribution in [1.82, 2.24) is 4.57 Å². The molecule has 1 aromatic heterocycles. The predicted molar refractivity (Wildman–Crippen MR) is 68.2 cm³/mol. The molecule has 0 aliphatic heterocycles. The second-order valence-electron chi connectivity index (χ2n) is 4.17. The summed E-state index contributed by atoms with van der Waals surface area (Å²) in [6, 6.07) is 5.34. The van der Waals surface area contributed by atoms with Gasteiger partial charge in [0.1, 0.15) is 0 Å². The molecule has 0 fully saturated rings. The molecule has 2 aromatic rings. The highest BCUT2D eigenvalue weighted by Gasteiger charge is 2.13. The molecule has 0 saturated heterocycles. The molecule has 90 valence electrons. The second kappa shape index (κ2) is 4.49. The zero-order chi connectivity index (χ0) is 12.4. The first-order valence-corrected chi connectivity index (χ1v) is 5.75. The van der Waals surface area contributed by atoms with Crippen LogP contribution >= 0.6 is 0 Å². The second-order valence-corrected chi connectivity index (χ2v) is 4.17. The number of carboxylic acids is 1. The summed E-state index contributed by atoms with van der Waals surface area (Å²) in [5, 5.41) is 9.90. The molecule has 0 bridgehead atoms. The van der Waals surface area contributed by atoms with Gasteiger partial charge in [0, 0.05) is 23.8 Å². The zero-order valence-corrected chi connectivity index (χ0v) is 9.81. The summed E-state index contributed by atoms with van der Waals surface area (Å²) < 4.78 is 1.97. The van der Waals surface area contributed by atoms with Gasteiger partial charge in [0.05, 0.1) is 11.1 Å². The molecule has 17 heavy (non-hydrogen) atoms. The van der Waals surface area contributed by atoms with E-state index in [9.17, 15) is 4.79 Å². The quantitative estimate of drug-likeness (QED) is 0.796. The van der Waals surface area contributed by atoms with Crippen LogP contribution in [-0.2, 0) is 6.54 Å². The van der Waals surface area contributed by atoms with Crippen LogP contribution in [0.5, 0.6) is 0 Å². The smallest absolute Gasteiger partial charge is 0.337 e. The number of aromatic carboxylic acids is 1. The molecule has 0 atom stereocenters. The summed E-state index contributed by atoms with van der Waals surface area (Å²) in [5.41, 5.74) is 7.65. The van der Waals surface area contributed by atoms with Gasteiger partial charge in [-0.05, 0) is 24.6 Å². The highest BCUT2D eigenvalue weighted by atomic mass is 16.4. The number of nitrogen functional groups attached to an aromatic ring is 1. The molecule has 0 saturated carbocycles. The lowest BCUT2D eigenvalue weighted by atomic mass is 10.1. The summed E-state index contributed by atoms with van der Waals surface area (Å²) in [7, 11) is 0. The van der Waals surface area contributed by atoms with Crippen molar-refractivity contribution < 1.29 is 9.90 Å². The lowest BCUT2D eigenvalue weighted by Crippen LogP contribution is -1.97. The van der Waals surface area contributed by atoms with Crippen molar-refractivity contribution >= 4 is 22.6 Å². The minimum Gasteiger partial charge on any atom is -0.478 e. The predicted octanol–water partition coefficient (Wildman–Crippen LogP) is 2.72. The number of hydrogen-bond donors (Lipinski definition) is 2. The number of aryl methyl sites for hydroxylation is 1. The van der Waals surface area contributed by atoms with E-state index in [0.29, 0.717) is 11.3 Å². The lowest BCUT2D eigenvalue weighted by molar-refractivity contribution is 0.0699. The molecule has 4 nitrogen and oxygen atoms in total. The van der Waals surface area contributed by atoms with E-state index in [1.807, 2.05) is 10.6 Å². The summed E-state index contributed by atoms with van der Waals surface area (Å²) in [4.78, 5) is 11.1. The average Bonchev–Trinajstić information content (AvgIpc) is 2.64. The minimum absolute atomic E-state index is 0.344. The summed E-state index contributed by atoms with van der Waals surface area (Å²) in [6.45, 7) is 2.93. The minimum atomic E-state index is -0.894. The molecule has 2 rings (SSSR count). The topological polar surface area (TPSA) is 68.2 Å². The monoisotopic (exact) mass is 232 g/mol. The van der Waals surface area contributed by atoms with Gasteiger partial charge in [-0.3, -0.25) is 0 Å². The van der Waals surface area contributed by atoms with Crippen LogP contribution in [0.1, 0.15) is 30.1 Å². The van der Waals surface area contributed by atoms with E-state index >= 15 is 0 Å². The first-order chi connectivity index (χ1) is 8.13. The summed E-state index contributed by atoms with van der Waals surface area (Å²) >= 11 is 0. The average molecular weight is 232 g/mol.